The van der Waals surface area contributed by atoms with E-state index in [0.29, 0.717) is 12.2 Å². The van der Waals surface area contributed by atoms with Crippen LogP contribution in [0.3, 0.4) is 0 Å². The maximum Gasteiger partial charge on any atom is 0.364 e. The molecule has 4 N–H and O–H groups in total. The number of quaternary nitrogens is 1. The lowest BCUT2D eigenvalue weighted by atomic mass is 10.1. The summed E-state index contributed by atoms with van der Waals surface area (Å²) in [5, 5.41) is 9.87. The number of esters is 1. The Hall–Kier alpha value is 0.390. The fourth-order valence-corrected chi connectivity index (χ4v) is 5.91. The van der Waals surface area contributed by atoms with Crippen LogP contribution in [0.2, 0.25) is 0 Å². The average molecular weight is 804 g/mol. The molecule has 0 aromatic heterocycles. The quantitative estimate of drug-likeness (QED) is 0.347. The number of phenols is 1. The number of benzene rings is 2. The molecule has 0 aliphatic heterocycles. The minimum atomic E-state index is -0.441. The maximum atomic E-state index is 11.6. The zero-order chi connectivity index (χ0) is 22.7. The number of carbonyl (C=O) groups excluding carboxylic acids is 1. The largest absolute Gasteiger partial charge is 0.506 e. The molecule has 138 valence electrons. The highest BCUT2D eigenvalue weighted by atomic mass is 127. The number of rotatable bonds is 5. The van der Waals surface area contributed by atoms with E-state index in [-0.39, 0.29) is 11.7 Å². The van der Waals surface area contributed by atoms with Gasteiger partial charge in [-0.05, 0) is 120 Å². The van der Waals surface area contributed by atoms with Crippen molar-refractivity contribution >= 4 is 96.3 Å². The van der Waals surface area contributed by atoms with Crippen molar-refractivity contribution in [1.29, 1.82) is 0 Å². The van der Waals surface area contributed by atoms with E-state index in [0.717, 1.165) is 25.6 Å². The third-order valence-corrected chi connectivity index (χ3v) is 6.53. The summed E-state index contributed by atoms with van der Waals surface area (Å²) in [7, 11) is 1.37. The van der Waals surface area contributed by atoms with Crippen LogP contribution >= 0.6 is 90.4 Å². The molecule has 0 saturated heterocycles. The number of hydrogen-bond donors (Lipinski definition) is 2. The SMILES string of the molecule is COC(=O)C([NH3+])Cc1cc(I)c(Oc2cc(I)c(O)c(I)c2)c(I)c1.[3H][3H].[3H][3H]. The Balaban J connectivity index is 0.00000184. The van der Waals surface area contributed by atoms with E-state index in [4.69, 9.17) is 15.4 Å². The van der Waals surface area contributed by atoms with E-state index in [1.54, 1.807) is 12.1 Å². The van der Waals surface area contributed by atoms with Gasteiger partial charge in [0.2, 0.25) is 0 Å². The molecule has 0 bridgehead atoms. The Kier molecular flexibility index (Phi) is 7.15. The fourth-order valence-electron chi connectivity index (χ4n) is 2.08. The minimum Gasteiger partial charge on any atom is -0.506 e. The third-order valence-electron chi connectivity index (χ3n) is 3.29. The normalized spacial score (nSPS) is 12.6. The summed E-state index contributed by atoms with van der Waals surface area (Å²) in [6, 6.07) is 7.11. The van der Waals surface area contributed by atoms with Crippen LogP contribution in [-0.2, 0) is 16.0 Å². The van der Waals surface area contributed by atoms with Gasteiger partial charge in [-0.3, -0.25) is 0 Å². The molecular formula is C16H18I4NO4+. The summed E-state index contributed by atoms with van der Waals surface area (Å²) in [5.41, 5.74) is 4.85. The second-order valence-electron chi connectivity index (χ2n) is 5.15. The van der Waals surface area contributed by atoms with Gasteiger partial charge in [-0.25, -0.2) is 4.79 Å². The van der Waals surface area contributed by atoms with E-state index in [1.165, 1.54) is 7.11 Å². The monoisotopic (exact) mass is 804 g/mol. The molecule has 0 fully saturated rings. The van der Waals surface area contributed by atoms with Gasteiger partial charge in [-0.1, -0.05) is 0 Å². The van der Waals surface area contributed by atoms with Gasteiger partial charge < -0.3 is 20.3 Å². The van der Waals surface area contributed by atoms with E-state index in [1.807, 2.05) is 12.1 Å². The van der Waals surface area contributed by atoms with Crippen LogP contribution in [-0.4, -0.2) is 24.2 Å². The number of halogens is 4. The second kappa shape index (κ2) is 9.54. The van der Waals surface area contributed by atoms with Gasteiger partial charge in [-0.15, -0.1) is 0 Å². The highest BCUT2D eigenvalue weighted by Crippen LogP contribution is 2.36. The molecule has 1 unspecified atom stereocenters. The Morgan fingerprint density at radius 1 is 1.16 bits per heavy atom. The van der Waals surface area contributed by atoms with E-state index in [9.17, 15) is 9.90 Å². The first-order chi connectivity index (χ1) is 13.7. The molecular weight excluding hydrogens is 778 g/mol. The highest BCUT2D eigenvalue weighted by molar-refractivity contribution is 14.1. The van der Waals surface area contributed by atoms with E-state index in [2.05, 4.69) is 96.1 Å². The van der Waals surface area contributed by atoms with E-state index < -0.39 is 6.04 Å². The van der Waals surface area contributed by atoms with Crippen molar-refractivity contribution in [2.45, 2.75) is 12.5 Å². The standard InChI is InChI=1S/C16H13I4NO4.2H2/c1-24-16(23)13(21)4-7-2-11(19)15(12(20)3-7)25-8-5-9(17)14(22)10(18)6-8;;/h2-3,5-6,13,22H,4,21H2,1H3;2*1H/p+1/i;2*1+2T. The summed E-state index contributed by atoms with van der Waals surface area (Å²) >= 11 is 8.58. The van der Waals surface area contributed by atoms with Crippen molar-refractivity contribution < 1.29 is 31.0 Å². The van der Waals surface area contributed by atoms with Crippen LogP contribution < -0.4 is 10.5 Å². The first-order valence-corrected chi connectivity index (χ1v) is 11.3. The number of hydrogen-bond acceptors (Lipinski definition) is 4. The van der Waals surface area contributed by atoms with Crippen LogP contribution in [0, 0.1) is 14.3 Å². The zero-order valence-electron chi connectivity index (χ0n) is 17.0. The number of phenolic OH excluding ortho intramolecular Hbond substituents is 1. The smallest absolute Gasteiger partial charge is 0.364 e. The Morgan fingerprint density at radius 2 is 1.68 bits per heavy atom. The van der Waals surface area contributed by atoms with Gasteiger partial charge in [0.1, 0.15) is 11.5 Å². The molecule has 25 heavy (non-hydrogen) atoms. The van der Waals surface area contributed by atoms with Gasteiger partial charge in [0.25, 0.3) is 0 Å². The molecule has 0 aliphatic carbocycles. The van der Waals surface area contributed by atoms with Crippen LogP contribution in [0.25, 0.3) is 0 Å². The summed E-state index contributed by atoms with van der Waals surface area (Å²) < 4.78 is 34.1. The third kappa shape index (κ3) is 5.68. The highest BCUT2D eigenvalue weighted by Gasteiger charge is 2.20. The van der Waals surface area contributed by atoms with Crippen LogP contribution in [0.5, 0.6) is 17.2 Å². The number of methoxy groups -OCH3 is 1. The van der Waals surface area contributed by atoms with Crippen molar-refractivity contribution in [1.82, 2.24) is 0 Å². The molecule has 0 aliphatic rings. The molecule has 5 nitrogen and oxygen atoms in total. The molecule has 2 rings (SSSR count). The maximum absolute atomic E-state index is 11.6. The first-order valence-electron chi connectivity index (χ1n) is 8.97. The molecule has 0 spiro atoms. The summed E-state index contributed by atoms with van der Waals surface area (Å²) in [6.45, 7) is 0. The lowest BCUT2D eigenvalue weighted by Crippen LogP contribution is -2.66. The van der Waals surface area contributed by atoms with Crippen LogP contribution in [0.1, 0.15) is 11.5 Å². The Labute approximate surface area is 206 Å². The molecule has 0 amide bonds. The van der Waals surface area contributed by atoms with E-state index >= 15 is 0 Å². The predicted molar refractivity (Wildman–Crippen MR) is 132 cm³/mol. The molecule has 0 radical (unpaired) electrons. The lowest BCUT2D eigenvalue weighted by molar-refractivity contribution is -0.407. The van der Waals surface area contributed by atoms with Crippen molar-refractivity contribution in [2.24, 2.45) is 0 Å². The first kappa shape index (κ1) is 18.7. The summed E-state index contributed by atoms with van der Waals surface area (Å²) in [5.74, 6) is 1.36. The van der Waals surface area contributed by atoms with Gasteiger partial charge in [0, 0.05) is 12.4 Å². The molecule has 2 aromatic carbocycles. The average Bonchev–Trinajstić information content (AvgIpc) is 2.71. The molecule has 2 aromatic rings. The number of carbonyl (C=O) groups is 1. The number of aromatic hydroxyl groups is 1. The van der Waals surface area contributed by atoms with Crippen molar-refractivity contribution in [3.63, 3.8) is 0 Å². The Bertz CT molecular complexity index is 783. The van der Waals surface area contributed by atoms with Gasteiger partial charge in [-0.2, -0.15) is 0 Å². The number of ether oxygens (including phenoxy) is 2. The lowest BCUT2D eigenvalue weighted by Gasteiger charge is -2.14. The van der Waals surface area contributed by atoms with Gasteiger partial charge in [0.15, 0.2) is 11.8 Å². The van der Waals surface area contributed by atoms with Gasteiger partial charge >= 0.3 is 5.97 Å². The van der Waals surface area contributed by atoms with Crippen molar-refractivity contribution in [3.8, 4) is 17.2 Å². The topological polar surface area (TPSA) is 83.4 Å². The summed E-state index contributed by atoms with van der Waals surface area (Å²) in [4.78, 5) is 11.6. The molecule has 0 heterocycles. The van der Waals surface area contributed by atoms with Crippen LogP contribution in [0.15, 0.2) is 24.3 Å². The molecule has 9 heteroatoms. The minimum absolute atomic E-state index is 0.262. The molecule has 0 saturated carbocycles. The zero-order valence-corrected chi connectivity index (χ0v) is 21.6. The summed E-state index contributed by atoms with van der Waals surface area (Å²) in [6.07, 6.45) is 0.508. The predicted octanol–water partition coefficient (Wildman–Crippen LogP) is 4.42. The van der Waals surface area contributed by atoms with Crippen molar-refractivity contribution in [2.75, 3.05) is 7.11 Å². The van der Waals surface area contributed by atoms with Crippen LogP contribution in [0.4, 0.5) is 0 Å². The van der Waals surface area contributed by atoms with Gasteiger partial charge in [0.05, 0.1) is 21.4 Å². The second-order valence-corrected chi connectivity index (χ2v) is 9.80. The molecule has 1 atom stereocenters. The Morgan fingerprint density at radius 3 is 2.16 bits per heavy atom. The fraction of sp³-hybridized carbons (Fsp3) is 0.188. The van der Waals surface area contributed by atoms with Crippen molar-refractivity contribution in [3.05, 3.63) is 44.1 Å².